The summed E-state index contributed by atoms with van der Waals surface area (Å²) in [7, 11) is 0. The van der Waals surface area contributed by atoms with Gasteiger partial charge < -0.3 is 47.2 Å². The van der Waals surface area contributed by atoms with E-state index >= 15 is 0 Å². The number of rotatable bonds is 14. The van der Waals surface area contributed by atoms with E-state index in [-0.39, 0.29) is 12.2 Å². The number of phenolic OH excluding ortho intramolecular Hbond substituents is 1. The molecule has 5 unspecified atom stereocenters. The lowest BCUT2D eigenvalue weighted by Crippen LogP contribution is -2.60. The largest absolute Gasteiger partial charge is 0.508 e. The molecule has 0 aliphatic heterocycles. The predicted octanol–water partition coefficient (Wildman–Crippen LogP) is -2.96. The number of carboxylic acids is 2. The molecule has 0 aliphatic carbocycles. The first-order valence-corrected chi connectivity index (χ1v) is 10.5. The van der Waals surface area contributed by atoms with Gasteiger partial charge in [-0.3, -0.25) is 19.2 Å². The molecule has 1 rings (SSSR count). The Hall–Kier alpha value is -3.75. The van der Waals surface area contributed by atoms with Crippen molar-refractivity contribution in [2.24, 2.45) is 5.73 Å². The molecule has 0 heterocycles. The minimum absolute atomic E-state index is 0.0409. The molecule has 0 saturated heterocycles. The fraction of sp³-hybridized carbons (Fsp3) is 0.476. The SMILES string of the molecule is CC(O)C(NC(=O)C(N)CO)C(=O)NC(CCC(=O)O)C(=O)NC(Cc1ccc(O)cc1)C(=O)O. The Morgan fingerprint density at radius 2 is 1.49 bits per heavy atom. The standard InChI is InChI=1S/C21H30N4O10/c1-10(27)17(25-18(31)13(22)9-26)20(33)23-14(6-7-16(29)30)19(32)24-15(21(34)35)8-11-2-4-12(28)5-3-11/h2-5,10,13-15,17,26-28H,6-9,22H2,1H3,(H,23,33)(H,24,32)(H,25,31)(H,29,30)(H,34,35). The zero-order valence-electron chi connectivity index (χ0n) is 18.9. The third-order valence-electron chi connectivity index (χ3n) is 4.87. The molecular formula is C21H30N4O10. The van der Waals surface area contributed by atoms with E-state index in [1.165, 1.54) is 31.2 Å². The molecular weight excluding hydrogens is 468 g/mol. The molecule has 3 amide bonds. The van der Waals surface area contributed by atoms with Gasteiger partial charge >= 0.3 is 11.9 Å². The van der Waals surface area contributed by atoms with Gasteiger partial charge in [0.15, 0.2) is 0 Å². The number of carbonyl (C=O) groups excluding carboxylic acids is 3. The van der Waals surface area contributed by atoms with Gasteiger partial charge in [0.1, 0.15) is 29.9 Å². The van der Waals surface area contributed by atoms with Crippen LogP contribution in [0.5, 0.6) is 5.75 Å². The molecule has 0 aliphatic rings. The number of benzene rings is 1. The molecule has 0 radical (unpaired) electrons. The van der Waals surface area contributed by atoms with Gasteiger partial charge in [-0.1, -0.05) is 12.1 Å². The lowest BCUT2D eigenvalue weighted by Gasteiger charge is -2.26. The van der Waals surface area contributed by atoms with Crippen molar-refractivity contribution in [3.63, 3.8) is 0 Å². The van der Waals surface area contributed by atoms with E-state index in [2.05, 4.69) is 16.0 Å². The van der Waals surface area contributed by atoms with E-state index in [0.29, 0.717) is 5.56 Å². The summed E-state index contributed by atoms with van der Waals surface area (Å²) >= 11 is 0. The summed E-state index contributed by atoms with van der Waals surface area (Å²) in [6.07, 6.45) is -2.62. The highest BCUT2D eigenvalue weighted by Crippen LogP contribution is 2.12. The number of aliphatic hydroxyl groups is 2. The molecule has 35 heavy (non-hydrogen) atoms. The lowest BCUT2D eigenvalue weighted by atomic mass is 10.0. The number of aliphatic hydroxyl groups excluding tert-OH is 2. The maximum Gasteiger partial charge on any atom is 0.326 e. The Kier molecular flexibility index (Phi) is 11.6. The number of nitrogens with one attached hydrogen (secondary N) is 3. The second-order valence-corrected chi connectivity index (χ2v) is 7.78. The third-order valence-corrected chi connectivity index (χ3v) is 4.87. The smallest absolute Gasteiger partial charge is 0.326 e. The van der Waals surface area contributed by atoms with Gasteiger partial charge in [0, 0.05) is 12.8 Å². The first-order chi connectivity index (χ1) is 16.3. The van der Waals surface area contributed by atoms with Crippen LogP contribution < -0.4 is 21.7 Å². The molecule has 10 N–H and O–H groups in total. The van der Waals surface area contributed by atoms with Crippen molar-refractivity contribution < 1.29 is 49.5 Å². The summed E-state index contributed by atoms with van der Waals surface area (Å²) in [4.78, 5) is 60.1. The Bertz CT molecular complexity index is 906. The minimum Gasteiger partial charge on any atom is -0.508 e. The summed E-state index contributed by atoms with van der Waals surface area (Å²) in [6, 6.07) is -0.393. The highest BCUT2D eigenvalue weighted by Gasteiger charge is 2.32. The van der Waals surface area contributed by atoms with Crippen LogP contribution in [-0.4, -0.2) is 92.1 Å². The molecule has 14 heteroatoms. The molecule has 0 spiro atoms. The van der Waals surface area contributed by atoms with Gasteiger partial charge in [-0.2, -0.15) is 0 Å². The number of carboxylic acid groups (broad SMARTS) is 2. The van der Waals surface area contributed by atoms with Gasteiger partial charge in [-0.25, -0.2) is 4.79 Å². The molecule has 0 bridgehead atoms. The topological polar surface area (TPSA) is 249 Å². The highest BCUT2D eigenvalue weighted by atomic mass is 16.4. The molecule has 5 atom stereocenters. The first-order valence-electron chi connectivity index (χ1n) is 10.5. The van der Waals surface area contributed by atoms with E-state index in [9.17, 15) is 39.3 Å². The Morgan fingerprint density at radius 1 is 0.914 bits per heavy atom. The Labute approximate surface area is 200 Å². The van der Waals surface area contributed by atoms with Gasteiger partial charge in [0.25, 0.3) is 0 Å². The number of phenols is 1. The number of hydrogen-bond acceptors (Lipinski definition) is 9. The molecule has 0 aromatic heterocycles. The second-order valence-electron chi connectivity index (χ2n) is 7.78. The average molecular weight is 498 g/mol. The Morgan fingerprint density at radius 3 is 1.97 bits per heavy atom. The van der Waals surface area contributed by atoms with Crippen molar-refractivity contribution in [2.45, 2.75) is 56.5 Å². The lowest BCUT2D eigenvalue weighted by molar-refractivity contribution is -0.143. The molecule has 1 aromatic rings. The van der Waals surface area contributed by atoms with Crippen molar-refractivity contribution >= 4 is 29.7 Å². The normalized spacial score (nSPS) is 15.1. The van der Waals surface area contributed by atoms with Crippen LogP contribution in [-0.2, 0) is 30.4 Å². The summed E-state index contributed by atoms with van der Waals surface area (Å²) in [6.45, 7) is 0.431. The van der Waals surface area contributed by atoms with Crippen molar-refractivity contribution in [3.8, 4) is 5.75 Å². The maximum absolute atomic E-state index is 12.8. The third kappa shape index (κ3) is 9.95. The van der Waals surface area contributed by atoms with E-state index in [4.69, 9.17) is 15.9 Å². The van der Waals surface area contributed by atoms with Crippen molar-refractivity contribution in [1.29, 1.82) is 0 Å². The summed E-state index contributed by atoms with van der Waals surface area (Å²) in [5, 5.41) is 53.2. The van der Waals surface area contributed by atoms with E-state index in [0.717, 1.165) is 0 Å². The van der Waals surface area contributed by atoms with Crippen LogP contribution >= 0.6 is 0 Å². The molecule has 14 nitrogen and oxygen atoms in total. The van der Waals surface area contributed by atoms with Crippen LogP contribution in [0.25, 0.3) is 0 Å². The summed E-state index contributed by atoms with van der Waals surface area (Å²) < 4.78 is 0. The van der Waals surface area contributed by atoms with Crippen LogP contribution in [0.2, 0.25) is 0 Å². The predicted molar refractivity (Wildman–Crippen MR) is 119 cm³/mol. The van der Waals surface area contributed by atoms with Crippen molar-refractivity contribution in [3.05, 3.63) is 29.8 Å². The van der Waals surface area contributed by atoms with Gasteiger partial charge in [0.05, 0.1) is 12.7 Å². The quantitative estimate of drug-likeness (QED) is 0.125. The minimum atomic E-state index is -1.60. The second kappa shape index (κ2) is 13.8. The molecule has 0 fully saturated rings. The number of carbonyl (C=O) groups is 5. The van der Waals surface area contributed by atoms with E-state index in [1.54, 1.807) is 0 Å². The fourth-order valence-corrected chi connectivity index (χ4v) is 2.89. The first kappa shape index (κ1) is 29.3. The zero-order valence-corrected chi connectivity index (χ0v) is 18.9. The van der Waals surface area contributed by atoms with E-state index in [1.807, 2.05) is 0 Å². The highest BCUT2D eigenvalue weighted by molar-refractivity contribution is 5.94. The Balaban J connectivity index is 3.02. The van der Waals surface area contributed by atoms with Crippen LogP contribution in [0.4, 0.5) is 0 Å². The van der Waals surface area contributed by atoms with E-state index < -0.39 is 79.4 Å². The monoisotopic (exact) mass is 498 g/mol. The maximum atomic E-state index is 12.8. The number of nitrogens with two attached hydrogens (primary N) is 1. The van der Waals surface area contributed by atoms with Crippen molar-refractivity contribution in [2.75, 3.05) is 6.61 Å². The van der Waals surface area contributed by atoms with Crippen LogP contribution in [0, 0.1) is 0 Å². The zero-order chi connectivity index (χ0) is 26.7. The number of aliphatic carboxylic acids is 2. The van der Waals surface area contributed by atoms with Crippen LogP contribution in [0.3, 0.4) is 0 Å². The average Bonchev–Trinajstić information content (AvgIpc) is 2.79. The summed E-state index contributed by atoms with van der Waals surface area (Å²) in [5.41, 5.74) is 5.85. The van der Waals surface area contributed by atoms with Gasteiger partial charge in [-0.15, -0.1) is 0 Å². The van der Waals surface area contributed by atoms with Crippen LogP contribution in [0.1, 0.15) is 25.3 Å². The molecule has 1 aromatic carbocycles. The fourth-order valence-electron chi connectivity index (χ4n) is 2.89. The number of hydrogen-bond donors (Lipinski definition) is 9. The van der Waals surface area contributed by atoms with Crippen LogP contribution in [0.15, 0.2) is 24.3 Å². The van der Waals surface area contributed by atoms with Crippen molar-refractivity contribution in [1.82, 2.24) is 16.0 Å². The number of amides is 3. The molecule has 0 saturated carbocycles. The van der Waals surface area contributed by atoms with Gasteiger partial charge in [0.2, 0.25) is 17.7 Å². The molecule has 194 valence electrons. The van der Waals surface area contributed by atoms with Gasteiger partial charge in [-0.05, 0) is 31.0 Å². The summed E-state index contributed by atoms with van der Waals surface area (Å²) in [5.74, 6) is -5.75. The number of aromatic hydroxyl groups is 1.